The van der Waals surface area contributed by atoms with Crippen molar-refractivity contribution in [3.05, 3.63) is 57.7 Å². The predicted octanol–water partition coefficient (Wildman–Crippen LogP) is 6.38. The lowest BCUT2D eigenvalue weighted by molar-refractivity contribution is 0.246. The highest BCUT2D eigenvalue weighted by Crippen LogP contribution is 2.41. The second kappa shape index (κ2) is 6.65. The number of fused-ring (bicyclic) bond motifs is 1. The van der Waals surface area contributed by atoms with Crippen molar-refractivity contribution in [3.63, 3.8) is 0 Å². The van der Waals surface area contributed by atoms with Gasteiger partial charge in [-0.15, -0.1) is 0 Å². The van der Waals surface area contributed by atoms with Crippen LogP contribution >= 0.6 is 27.5 Å². The number of ether oxygens (including phenoxy) is 1. The van der Waals surface area contributed by atoms with Crippen LogP contribution in [0.2, 0.25) is 5.02 Å². The summed E-state index contributed by atoms with van der Waals surface area (Å²) in [6.07, 6.45) is 1.31. The highest BCUT2D eigenvalue weighted by molar-refractivity contribution is 9.10. The second-order valence-corrected chi connectivity index (χ2v) is 6.81. The molecular formula is C18H13BrClF2NO. The average Bonchev–Trinajstić information content (AvgIpc) is 2.50. The molecule has 0 bridgehead atoms. The van der Waals surface area contributed by atoms with Gasteiger partial charge in [-0.25, -0.2) is 8.78 Å². The SMILES string of the molecule is CC(C)Oc1c(-c2c(F)cccc2Cl)cnc2cc(Br)c(F)cc12. The first-order chi connectivity index (χ1) is 11.4. The Morgan fingerprint density at radius 1 is 1.17 bits per heavy atom. The van der Waals surface area contributed by atoms with Gasteiger partial charge in [-0.05, 0) is 54.0 Å². The van der Waals surface area contributed by atoms with E-state index in [0.717, 1.165) is 0 Å². The Balaban J connectivity index is 2.38. The van der Waals surface area contributed by atoms with Crippen LogP contribution in [0.15, 0.2) is 41.0 Å². The van der Waals surface area contributed by atoms with E-state index in [9.17, 15) is 8.78 Å². The zero-order valence-electron chi connectivity index (χ0n) is 12.9. The molecule has 0 amide bonds. The summed E-state index contributed by atoms with van der Waals surface area (Å²) in [5.74, 6) is -0.585. The minimum atomic E-state index is -0.491. The fourth-order valence-corrected chi connectivity index (χ4v) is 3.05. The van der Waals surface area contributed by atoms with Gasteiger partial charge in [-0.3, -0.25) is 4.98 Å². The van der Waals surface area contributed by atoms with Crippen LogP contribution in [0.3, 0.4) is 0 Å². The van der Waals surface area contributed by atoms with Gasteiger partial charge in [0.05, 0.1) is 21.1 Å². The molecule has 0 spiro atoms. The van der Waals surface area contributed by atoms with Crippen molar-refractivity contribution in [2.45, 2.75) is 20.0 Å². The monoisotopic (exact) mass is 411 g/mol. The van der Waals surface area contributed by atoms with Crippen molar-refractivity contribution in [1.29, 1.82) is 0 Å². The Hall–Kier alpha value is -1.72. The molecule has 124 valence electrons. The third-order valence-electron chi connectivity index (χ3n) is 3.45. The highest BCUT2D eigenvalue weighted by atomic mass is 79.9. The molecule has 3 aromatic rings. The molecule has 0 saturated heterocycles. The fraction of sp³-hybridized carbons (Fsp3) is 0.167. The quantitative estimate of drug-likeness (QED) is 0.498. The van der Waals surface area contributed by atoms with E-state index < -0.39 is 11.6 Å². The fourth-order valence-electron chi connectivity index (χ4n) is 2.46. The number of halogens is 4. The van der Waals surface area contributed by atoms with Crippen molar-refractivity contribution < 1.29 is 13.5 Å². The summed E-state index contributed by atoms with van der Waals surface area (Å²) in [6.45, 7) is 3.68. The van der Waals surface area contributed by atoms with Crippen LogP contribution in [0.1, 0.15) is 13.8 Å². The van der Waals surface area contributed by atoms with Crippen molar-refractivity contribution >= 4 is 38.4 Å². The first-order valence-electron chi connectivity index (χ1n) is 7.27. The van der Waals surface area contributed by atoms with Gasteiger partial charge in [0.15, 0.2) is 0 Å². The number of pyridine rings is 1. The molecule has 0 aliphatic rings. The van der Waals surface area contributed by atoms with Gasteiger partial charge < -0.3 is 4.74 Å². The van der Waals surface area contributed by atoms with E-state index in [1.54, 1.807) is 12.1 Å². The number of benzene rings is 2. The van der Waals surface area contributed by atoms with E-state index in [4.69, 9.17) is 16.3 Å². The number of nitrogens with zero attached hydrogens (tertiary/aromatic N) is 1. The van der Waals surface area contributed by atoms with Gasteiger partial charge in [0.25, 0.3) is 0 Å². The van der Waals surface area contributed by atoms with E-state index in [2.05, 4.69) is 20.9 Å². The molecule has 3 rings (SSSR count). The van der Waals surface area contributed by atoms with E-state index >= 15 is 0 Å². The number of rotatable bonds is 3. The van der Waals surface area contributed by atoms with E-state index in [-0.39, 0.29) is 16.7 Å². The van der Waals surface area contributed by atoms with Crippen molar-refractivity contribution in [2.75, 3.05) is 0 Å². The van der Waals surface area contributed by atoms with Gasteiger partial charge >= 0.3 is 0 Å². The summed E-state index contributed by atoms with van der Waals surface area (Å²) in [7, 11) is 0. The van der Waals surface area contributed by atoms with Crippen LogP contribution < -0.4 is 4.74 Å². The lowest BCUT2D eigenvalue weighted by Gasteiger charge is -2.18. The second-order valence-electron chi connectivity index (χ2n) is 5.55. The molecule has 2 nitrogen and oxygen atoms in total. The standard InChI is InChI=1S/C18H13BrClF2NO/c1-9(2)24-18-10-6-15(22)12(19)7-16(10)23-8-11(18)17-13(20)4-3-5-14(17)21/h3-9H,1-2H3. The number of hydrogen-bond acceptors (Lipinski definition) is 2. The summed E-state index contributed by atoms with van der Waals surface area (Å²) in [6, 6.07) is 7.31. The maximum atomic E-state index is 14.3. The third-order valence-corrected chi connectivity index (χ3v) is 4.37. The highest BCUT2D eigenvalue weighted by Gasteiger charge is 2.20. The van der Waals surface area contributed by atoms with E-state index in [1.165, 1.54) is 24.4 Å². The minimum absolute atomic E-state index is 0.188. The van der Waals surface area contributed by atoms with Gasteiger partial charge in [-0.1, -0.05) is 17.7 Å². The van der Waals surface area contributed by atoms with Gasteiger partial charge in [0, 0.05) is 22.7 Å². The summed E-state index contributed by atoms with van der Waals surface area (Å²) in [5, 5.41) is 0.698. The summed E-state index contributed by atoms with van der Waals surface area (Å²) < 4.78 is 34.5. The zero-order valence-corrected chi connectivity index (χ0v) is 15.3. The maximum absolute atomic E-state index is 14.3. The van der Waals surface area contributed by atoms with Crippen molar-refractivity contribution in [3.8, 4) is 16.9 Å². The molecule has 0 aliphatic heterocycles. The Morgan fingerprint density at radius 3 is 2.58 bits per heavy atom. The van der Waals surface area contributed by atoms with Crippen LogP contribution in [-0.2, 0) is 0 Å². The number of aromatic nitrogens is 1. The predicted molar refractivity (Wildman–Crippen MR) is 95.6 cm³/mol. The molecule has 0 aliphatic carbocycles. The van der Waals surface area contributed by atoms with Crippen LogP contribution in [0, 0.1) is 11.6 Å². The Bertz CT molecular complexity index is 910. The lowest BCUT2D eigenvalue weighted by atomic mass is 10.0. The van der Waals surface area contributed by atoms with E-state index in [1.807, 2.05) is 13.8 Å². The molecule has 6 heteroatoms. The largest absolute Gasteiger partial charge is 0.490 e. The van der Waals surface area contributed by atoms with Crippen LogP contribution in [0.25, 0.3) is 22.0 Å². The first kappa shape index (κ1) is 17.1. The molecule has 0 atom stereocenters. The lowest BCUT2D eigenvalue weighted by Crippen LogP contribution is -2.08. The summed E-state index contributed by atoms with van der Waals surface area (Å²) >= 11 is 9.32. The van der Waals surface area contributed by atoms with Crippen molar-refractivity contribution in [2.24, 2.45) is 0 Å². The molecule has 2 aromatic carbocycles. The normalized spacial score (nSPS) is 11.3. The van der Waals surface area contributed by atoms with Gasteiger partial charge in [0.2, 0.25) is 0 Å². The molecule has 0 saturated carbocycles. The average molecular weight is 413 g/mol. The molecule has 0 unspecified atom stereocenters. The van der Waals surface area contributed by atoms with Crippen LogP contribution in [0.4, 0.5) is 8.78 Å². The molecule has 0 fully saturated rings. The number of hydrogen-bond donors (Lipinski definition) is 0. The topological polar surface area (TPSA) is 22.1 Å². The first-order valence-corrected chi connectivity index (χ1v) is 8.44. The van der Waals surface area contributed by atoms with Gasteiger partial charge in [-0.2, -0.15) is 0 Å². The summed E-state index contributed by atoms with van der Waals surface area (Å²) in [5.41, 5.74) is 1.11. The minimum Gasteiger partial charge on any atom is -0.490 e. The van der Waals surface area contributed by atoms with Crippen LogP contribution in [0.5, 0.6) is 5.75 Å². The van der Waals surface area contributed by atoms with E-state index in [0.29, 0.717) is 26.7 Å². The van der Waals surface area contributed by atoms with Crippen molar-refractivity contribution in [1.82, 2.24) is 4.98 Å². The maximum Gasteiger partial charge on any atom is 0.138 e. The Morgan fingerprint density at radius 2 is 1.92 bits per heavy atom. The molecule has 24 heavy (non-hydrogen) atoms. The smallest absolute Gasteiger partial charge is 0.138 e. The molecule has 1 heterocycles. The molecule has 1 aromatic heterocycles. The summed E-state index contributed by atoms with van der Waals surface area (Å²) in [4.78, 5) is 4.31. The molecule has 0 N–H and O–H groups in total. The zero-order chi connectivity index (χ0) is 17.4. The van der Waals surface area contributed by atoms with Crippen LogP contribution in [-0.4, -0.2) is 11.1 Å². The Kier molecular flexibility index (Phi) is 4.74. The molecule has 0 radical (unpaired) electrons. The molecular weight excluding hydrogens is 400 g/mol. The van der Waals surface area contributed by atoms with Gasteiger partial charge in [0.1, 0.15) is 17.4 Å². The third kappa shape index (κ3) is 3.10. The Labute approximate surface area is 151 Å².